The van der Waals surface area contributed by atoms with E-state index in [-0.39, 0.29) is 17.3 Å². The largest absolute Gasteiger partial charge is 0.493 e. The number of nitrogens with zero attached hydrogens (tertiary/aromatic N) is 1. The summed E-state index contributed by atoms with van der Waals surface area (Å²) in [6.07, 6.45) is 1.54. The quantitative estimate of drug-likeness (QED) is 0.250. The maximum absolute atomic E-state index is 12.4. The lowest BCUT2D eigenvalue weighted by Gasteiger charge is -2.12. The molecule has 0 aromatic heterocycles. The maximum atomic E-state index is 12.4. The Kier molecular flexibility index (Phi) is 6.39. The Morgan fingerprint density at radius 3 is 2.53 bits per heavy atom. The van der Waals surface area contributed by atoms with Gasteiger partial charge in [0, 0.05) is 0 Å². The van der Waals surface area contributed by atoms with Crippen LogP contribution in [-0.4, -0.2) is 24.9 Å². The zero-order chi connectivity index (χ0) is 22.7. The number of cyclic esters (lactones) is 1. The van der Waals surface area contributed by atoms with Crippen LogP contribution in [0.3, 0.4) is 0 Å². The minimum atomic E-state index is -0.602. The molecule has 0 aliphatic carbocycles. The van der Waals surface area contributed by atoms with Crippen LogP contribution in [0.25, 0.3) is 6.08 Å². The molecule has 160 valence electrons. The van der Waals surface area contributed by atoms with Crippen LogP contribution in [0.15, 0.2) is 81.9 Å². The number of benzene rings is 3. The molecule has 0 saturated carbocycles. The van der Waals surface area contributed by atoms with Crippen LogP contribution in [0, 0.1) is 0 Å². The number of carbonyl (C=O) groups excluding carboxylic acids is 2. The molecule has 1 aliphatic rings. The summed E-state index contributed by atoms with van der Waals surface area (Å²) < 4.78 is 16.7. The van der Waals surface area contributed by atoms with Crippen molar-refractivity contribution in [2.75, 3.05) is 7.11 Å². The SMILES string of the molecule is COc1cc(/C=C2\N=C(c3ccccc3Cl)OC2=O)cc(Br)c1OC(=O)c1ccccc1. The Hall–Kier alpha value is -3.42. The van der Waals surface area contributed by atoms with Gasteiger partial charge in [-0.15, -0.1) is 0 Å². The molecular weight excluding hydrogens is 498 g/mol. The Morgan fingerprint density at radius 2 is 1.81 bits per heavy atom. The highest BCUT2D eigenvalue weighted by molar-refractivity contribution is 9.10. The van der Waals surface area contributed by atoms with Gasteiger partial charge in [0.2, 0.25) is 5.90 Å². The molecule has 0 N–H and O–H groups in total. The van der Waals surface area contributed by atoms with E-state index in [4.69, 9.17) is 25.8 Å². The summed E-state index contributed by atoms with van der Waals surface area (Å²) in [5, 5.41) is 0.425. The summed E-state index contributed by atoms with van der Waals surface area (Å²) in [5.74, 6) is -0.472. The van der Waals surface area contributed by atoms with Gasteiger partial charge in [-0.1, -0.05) is 41.9 Å². The first kappa shape index (κ1) is 21.8. The van der Waals surface area contributed by atoms with E-state index in [1.807, 2.05) is 6.07 Å². The number of esters is 2. The first-order valence-corrected chi connectivity index (χ1v) is 10.6. The van der Waals surface area contributed by atoms with Crippen molar-refractivity contribution in [3.05, 3.63) is 98.6 Å². The van der Waals surface area contributed by atoms with Crippen LogP contribution in [0.4, 0.5) is 0 Å². The van der Waals surface area contributed by atoms with Gasteiger partial charge in [-0.3, -0.25) is 0 Å². The second kappa shape index (κ2) is 9.38. The van der Waals surface area contributed by atoms with Crippen molar-refractivity contribution in [3.8, 4) is 11.5 Å². The number of aliphatic imine (C=N–C) groups is 1. The number of methoxy groups -OCH3 is 1. The van der Waals surface area contributed by atoms with E-state index < -0.39 is 11.9 Å². The van der Waals surface area contributed by atoms with Crippen molar-refractivity contribution >= 4 is 51.4 Å². The number of ether oxygens (including phenoxy) is 3. The van der Waals surface area contributed by atoms with Crippen molar-refractivity contribution in [3.63, 3.8) is 0 Å². The maximum Gasteiger partial charge on any atom is 0.363 e. The Morgan fingerprint density at radius 1 is 1.09 bits per heavy atom. The molecule has 1 heterocycles. The lowest BCUT2D eigenvalue weighted by Crippen LogP contribution is -2.09. The molecule has 0 atom stereocenters. The van der Waals surface area contributed by atoms with Crippen LogP contribution in [-0.2, 0) is 9.53 Å². The van der Waals surface area contributed by atoms with E-state index in [0.29, 0.717) is 31.9 Å². The molecule has 0 bridgehead atoms. The van der Waals surface area contributed by atoms with Crippen molar-refractivity contribution in [2.45, 2.75) is 0 Å². The number of carbonyl (C=O) groups is 2. The van der Waals surface area contributed by atoms with E-state index in [1.54, 1.807) is 66.7 Å². The third-order valence-corrected chi connectivity index (χ3v) is 5.40. The monoisotopic (exact) mass is 511 g/mol. The summed E-state index contributed by atoms with van der Waals surface area (Å²) in [6, 6.07) is 18.9. The Labute approximate surface area is 197 Å². The van der Waals surface area contributed by atoms with E-state index in [0.717, 1.165) is 0 Å². The number of hydrogen-bond donors (Lipinski definition) is 0. The molecule has 32 heavy (non-hydrogen) atoms. The van der Waals surface area contributed by atoms with Gasteiger partial charge < -0.3 is 14.2 Å². The van der Waals surface area contributed by atoms with Crippen molar-refractivity contribution in [1.82, 2.24) is 0 Å². The predicted octanol–water partition coefficient (Wildman–Crippen LogP) is 5.67. The highest BCUT2D eigenvalue weighted by atomic mass is 79.9. The second-order valence-corrected chi connectivity index (χ2v) is 7.87. The number of rotatable bonds is 5. The summed E-state index contributed by atoms with van der Waals surface area (Å²) in [5.41, 5.74) is 1.61. The topological polar surface area (TPSA) is 74.2 Å². The summed E-state index contributed by atoms with van der Waals surface area (Å²) in [7, 11) is 1.45. The average Bonchev–Trinajstić information content (AvgIpc) is 3.15. The zero-order valence-electron chi connectivity index (χ0n) is 16.7. The number of hydrogen-bond acceptors (Lipinski definition) is 6. The smallest absolute Gasteiger partial charge is 0.363 e. The Bertz CT molecular complexity index is 1270. The van der Waals surface area contributed by atoms with Gasteiger partial charge in [-0.2, -0.15) is 0 Å². The van der Waals surface area contributed by atoms with Gasteiger partial charge in [0.25, 0.3) is 0 Å². The molecule has 0 spiro atoms. The molecule has 0 saturated heterocycles. The number of halogens is 2. The normalized spacial score (nSPS) is 14.2. The van der Waals surface area contributed by atoms with Gasteiger partial charge in [0.1, 0.15) is 0 Å². The van der Waals surface area contributed by atoms with Crippen molar-refractivity contribution < 1.29 is 23.8 Å². The van der Waals surface area contributed by atoms with E-state index in [9.17, 15) is 9.59 Å². The fourth-order valence-corrected chi connectivity index (χ4v) is 3.72. The standard InChI is InChI=1S/C24H15BrClNO5/c1-30-20-13-14(11-17(25)21(20)31-23(28)15-7-3-2-4-8-15)12-19-24(29)32-22(27-19)16-9-5-6-10-18(16)26/h2-13H,1H3/b19-12-. The van der Waals surface area contributed by atoms with E-state index in [1.165, 1.54) is 7.11 Å². The van der Waals surface area contributed by atoms with Gasteiger partial charge in [-0.05, 0) is 64.0 Å². The fraction of sp³-hybridized carbons (Fsp3) is 0.0417. The summed E-state index contributed by atoms with van der Waals surface area (Å²) in [6.45, 7) is 0. The van der Waals surface area contributed by atoms with Crippen LogP contribution >= 0.6 is 27.5 Å². The second-order valence-electron chi connectivity index (χ2n) is 6.61. The van der Waals surface area contributed by atoms with Gasteiger partial charge >= 0.3 is 11.9 Å². The molecule has 0 fully saturated rings. The minimum absolute atomic E-state index is 0.0999. The van der Waals surface area contributed by atoms with Gasteiger partial charge in [0.05, 0.1) is 27.7 Å². The minimum Gasteiger partial charge on any atom is -0.493 e. The third-order valence-electron chi connectivity index (χ3n) is 4.48. The average molecular weight is 513 g/mol. The molecule has 3 aromatic carbocycles. The van der Waals surface area contributed by atoms with Crippen LogP contribution in [0.1, 0.15) is 21.5 Å². The van der Waals surface area contributed by atoms with Gasteiger partial charge in [0.15, 0.2) is 17.2 Å². The first-order valence-electron chi connectivity index (χ1n) is 9.38. The molecular formula is C24H15BrClNO5. The van der Waals surface area contributed by atoms with Crippen LogP contribution in [0.2, 0.25) is 5.02 Å². The lowest BCUT2D eigenvalue weighted by atomic mass is 10.1. The van der Waals surface area contributed by atoms with Gasteiger partial charge in [-0.25, -0.2) is 14.6 Å². The zero-order valence-corrected chi connectivity index (χ0v) is 19.0. The molecule has 8 heteroatoms. The first-order chi connectivity index (χ1) is 15.5. The van der Waals surface area contributed by atoms with Crippen LogP contribution in [0.5, 0.6) is 11.5 Å². The summed E-state index contributed by atoms with van der Waals surface area (Å²) >= 11 is 9.57. The fourth-order valence-electron chi connectivity index (χ4n) is 2.96. The molecule has 4 rings (SSSR count). The van der Waals surface area contributed by atoms with E-state index in [2.05, 4.69) is 20.9 Å². The highest BCUT2D eigenvalue weighted by Gasteiger charge is 2.26. The molecule has 0 unspecified atom stereocenters. The highest BCUT2D eigenvalue weighted by Crippen LogP contribution is 2.38. The van der Waals surface area contributed by atoms with Crippen molar-refractivity contribution in [1.29, 1.82) is 0 Å². The van der Waals surface area contributed by atoms with E-state index >= 15 is 0 Å². The predicted molar refractivity (Wildman–Crippen MR) is 124 cm³/mol. The van der Waals surface area contributed by atoms with Crippen LogP contribution < -0.4 is 9.47 Å². The Balaban J connectivity index is 1.64. The lowest BCUT2D eigenvalue weighted by molar-refractivity contribution is -0.129. The molecule has 6 nitrogen and oxygen atoms in total. The molecule has 0 radical (unpaired) electrons. The molecule has 0 amide bonds. The summed E-state index contributed by atoms with van der Waals surface area (Å²) in [4.78, 5) is 29.0. The third kappa shape index (κ3) is 4.59. The van der Waals surface area contributed by atoms with Crippen molar-refractivity contribution in [2.24, 2.45) is 4.99 Å². The molecule has 3 aromatic rings. The molecule has 1 aliphatic heterocycles.